The molecule has 4 aromatic heterocycles. The van der Waals surface area contributed by atoms with Gasteiger partial charge in [0.05, 0.1) is 125 Å². The Balaban J connectivity index is 1.06. The second kappa shape index (κ2) is 24.9. The van der Waals surface area contributed by atoms with E-state index in [1.807, 2.05) is 81.7 Å². The van der Waals surface area contributed by atoms with Crippen LogP contribution in [0.1, 0.15) is 22.3 Å². The van der Waals surface area contributed by atoms with Gasteiger partial charge < -0.3 is 47.4 Å². The Kier molecular flexibility index (Phi) is 17.3. The van der Waals surface area contributed by atoms with Crippen LogP contribution in [-0.2, 0) is 28.4 Å². The van der Waals surface area contributed by atoms with Crippen LogP contribution in [-0.4, -0.2) is 106 Å². The van der Waals surface area contributed by atoms with Crippen molar-refractivity contribution < 1.29 is 47.4 Å². The van der Waals surface area contributed by atoms with Crippen LogP contribution in [0.4, 0.5) is 0 Å². The third-order valence-corrected chi connectivity index (χ3v) is 18.3. The molecule has 0 bridgehead atoms. The summed E-state index contributed by atoms with van der Waals surface area (Å²) in [5, 5.41) is 4.39. The largest absolute Gasteiger partial charge is 0.487 e. The molecule has 8 aromatic rings. The van der Waals surface area contributed by atoms with E-state index in [0.717, 1.165) is 33.4 Å². The number of fused-ring (bicyclic) bond motifs is 4. The van der Waals surface area contributed by atoms with Crippen LogP contribution in [0.25, 0.3) is 48.1 Å². The third kappa shape index (κ3) is 12.5. The molecule has 0 saturated carbocycles. The molecule has 2 aliphatic heterocycles. The molecular formula is C54H48O10S6+2. The number of hydrogen-bond acceptors (Lipinski definition) is 14. The first-order valence-electron chi connectivity index (χ1n) is 22.9. The van der Waals surface area contributed by atoms with Gasteiger partial charge >= 0.3 is 0 Å². The quantitative estimate of drug-likeness (QED) is 0.126. The second-order valence-corrected chi connectivity index (χ2v) is 22.0. The monoisotopic (exact) mass is 1050 g/mol. The Labute approximate surface area is 430 Å². The lowest BCUT2D eigenvalue weighted by atomic mass is 9.98. The van der Waals surface area contributed by atoms with Crippen molar-refractivity contribution in [3.63, 3.8) is 0 Å². The normalized spacial score (nSPS) is 15.8. The maximum absolute atomic E-state index is 6.24. The van der Waals surface area contributed by atoms with Gasteiger partial charge in [0.1, 0.15) is 36.2 Å². The average Bonchev–Trinajstić information content (AvgIpc) is 4.20. The van der Waals surface area contributed by atoms with E-state index >= 15 is 0 Å². The molecule has 0 fully saturated rings. The fourth-order valence-electron chi connectivity index (χ4n) is 7.40. The average molecular weight is 1050 g/mol. The van der Waals surface area contributed by atoms with Gasteiger partial charge in [0.15, 0.2) is 41.8 Å². The van der Waals surface area contributed by atoms with Gasteiger partial charge in [-0.05, 0) is 60.7 Å². The van der Waals surface area contributed by atoms with Gasteiger partial charge in [0, 0.05) is 44.1 Å². The number of ether oxygens (including phenoxy) is 10. The van der Waals surface area contributed by atoms with Crippen molar-refractivity contribution in [1.82, 2.24) is 0 Å². The molecule has 70 heavy (non-hydrogen) atoms. The smallest absolute Gasteiger partial charge is 0.296 e. The molecule has 0 amide bonds. The van der Waals surface area contributed by atoms with Crippen molar-refractivity contribution in [2.45, 2.75) is 0 Å². The van der Waals surface area contributed by atoms with E-state index in [1.54, 1.807) is 22.7 Å². The molecule has 0 N–H and O–H groups in total. The van der Waals surface area contributed by atoms with E-state index in [-0.39, 0.29) is 0 Å². The first-order chi connectivity index (χ1) is 34.7. The summed E-state index contributed by atoms with van der Waals surface area (Å²) in [6.07, 6.45) is 0. The second-order valence-electron chi connectivity index (χ2n) is 15.5. The molecule has 0 atom stereocenters. The molecule has 0 saturated heterocycles. The lowest BCUT2D eigenvalue weighted by Crippen LogP contribution is -2.13. The van der Waals surface area contributed by atoms with Gasteiger partial charge in [-0.15, -0.1) is 22.7 Å². The molecule has 358 valence electrons. The summed E-state index contributed by atoms with van der Waals surface area (Å²) in [7, 11) is 0. The summed E-state index contributed by atoms with van der Waals surface area (Å²) in [5.41, 5.74) is 5.58. The Morgan fingerprint density at radius 3 is 1.11 bits per heavy atom. The van der Waals surface area contributed by atoms with E-state index in [0.29, 0.717) is 129 Å². The molecule has 6 heterocycles. The Hall–Kier alpha value is -5.02. The minimum Gasteiger partial charge on any atom is -0.487 e. The molecule has 4 aromatic carbocycles. The molecule has 0 unspecified atom stereocenters. The van der Waals surface area contributed by atoms with Crippen LogP contribution in [0.2, 0.25) is 0 Å². The van der Waals surface area contributed by atoms with E-state index in [2.05, 4.69) is 83.0 Å². The summed E-state index contributed by atoms with van der Waals surface area (Å²) >= 11 is 10.7. The van der Waals surface area contributed by atoms with E-state index in [1.165, 1.54) is 36.9 Å². The number of hydrogen-bond donors (Lipinski definition) is 0. The fourth-order valence-corrected chi connectivity index (χ4v) is 14.9. The van der Waals surface area contributed by atoms with Crippen LogP contribution in [0.3, 0.4) is 0 Å². The highest BCUT2D eigenvalue weighted by Crippen LogP contribution is 2.53. The van der Waals surface area contributed by atoms with Crippen LogP contribution in [0.15, 0.2) is 95.7 Å². The van der Waals surface area contributed by atoms with Gasteiger partial charge in [0.25, 0.3) is 8.38 Å². The molecule has 10 nitrogen and oxygen atoms in total. The van der Waals surface area contributed by atoms with Crippen molar-refractivity contribution in [1.29, 1.82) is 0 Å². The lowest BCUT2D eigenvalue weighted by Gasteiger charge is -2.13. The van der Waals surface area contributed by atoms with E-state index < -0.39 is 0 Å². The Bertz CT molecular complexity index is 2870. The zero-order valence-electron chi connectivity index (χ0n) is 38.1. The van der Waals surface area contributed by atoms with E-state index in [9.17, 15) is 0 Å². The number of benzene rings is 4. The number of rotatable bonds is 3. The highest BCUT2D eigenvalue weighted by atomic mass is 32.2. The topological polar surface area (TPSA) is 92.3 Å². The van der Waals surface area contributed by atoms with Crippen molar-refractivity contribution >= 4 is 86.8 Å². The predicted octanol–water partition coefficient (Wildman–Crippen LogP) is 12.4. The zero-order valence-corrected chi connectivity index (χ0v) is 43.0. The highest BCUT2D eigenvalue weighted by Gasteiger charge is 2.32. The molecule has 16 heteroatoms. The van der Waals surface area contributed by atoms with Crippen LogP contribution < -0.4 is 18.9 Å². The van der Waals surface area contributed by atoms with Gasteiger partial charge in [-0.2, -0.15) is 0 Å². The number of thiophene rings is 2. The summed E-state index contributed by atoms with van der Waals surface area (Å²) in [5.74, 6) is 16.8. The van der Waals surface area contributed by atoms with Crippen LogP contribution in [0.5, 0.6) is 23.0 Å². The summed E-state index contributed by atoms with van der Waals surface area (Å²) in [6.45, 7) is 7.15. The first kappa shape index (κ1) is 48.6. The maximum Gasteiger partial charge on any atom is 0.296 e. The highest BCUT2D eigenvalue weighted by molar-refractivity contribution is 7.45. The molecule has 0 aliphatic carbocycles. The molecule has 0 radical (unpaired) electrons. The maximum atomic E-state index is 6.24. The summed E-state index contributed by atoms with van der Waals surface area (Å²) in [4.78, 5) is 2.33. The molecule has 2 aliphatic rings. The van der Waals surface area contributed by atoms with Gasteiger partial charge in [-0.3, -0.25) is 0 Å². The minimum absolute atomic E-state index is 0.356. The van der Waals surface area contributed by atoms with Crippen molar-refractivity contribution in [2.75, 3.05) is 106 Å². The molecular weight excluding hydrogens is 1000 g/mol. The van der Waals surface area contributed by atoms with Gasteiger partial charge in [-0.25, -0.2) is 0 Å². The lowest BCUT2D eigenvalue weighted by molar-refractivity contribution is 0.00708. The first-order valence-corrected chi connectivity index (χ1v) is 27.9. The van der Waals surface area contributed by atoms with Crippen molar-refractivity contribution in [3.8, 4) is 75.9 Å². The Morgan fingerprint density at radius 2 is 0.729 bits per heavy atom. The third-order valence-electron chi connectivity index (χ3n) is 10.7. The predicted molar refractivity (Wildman–Crippen MR) is 286 cm³/mol. The zero-order chi connectivity index (χ0) is 47.2. The summed E-state index contributed by atoms with van der Waals surface area (Å²) in [6, 6.07) is 28.9. The molecule has 10 rings (SSSR count). The van der Waals surface area contributed by atoms with E-state index in [4.69, 9.17) is 47.4 Å². The SMILES string of the molecule is C(#Cc1csc(-c2sc3ccccc3[s+]2)c1-c1c(C#Cc2ccc3c(c2)OCCOCCOCCOCCO3)csc1-c1sc2ccccc2[s+]1)c1ccc2c(c1)OCCOCCOCCOCCO2. The standard InChI is InChI=1S/C54H48O10S6/c1-2-6-46-45(5-1)67-53(68-46)51-49(39(35-65-51)13-9-37-11-15-41-43(33-37)63-31-27-59-23-19-55-17-21-57-25-29-61-41)50-40(36-66-52(50)54-69-47-7-3-4-8-48(47)70-54)14-10-38-12-16-42-44(34-38)64-32-28-60-24-20-56-18-22-58-26-30-62-42/h1-8,11-12,15-16,33-36H,17-32H2/q+2. The van der Waals surface area contributed by atoms with Crippen molar-refractivity contribution in [2.24, 2.45) is 0 Å². The summed E-state index contributed by atoms with van der Waals surface area (Å²) < 4.78 is 66.2. The van der Waals surface area contributed by atoms with Crippen LogP contribution in [0, 0.1) is 23.7 Å². The van der Waals surface area contributed by atoms with Crippen LogP contribution >= 0.6 is 68.0 Å². The molecule has 0 spiro atoms. The fraction of sp³-hybridized carbons (Fsp3) is 0.296. The minimum atomic E-state index is 0.356. The van der Waals surface area contributed by atoms with Gasteiger partial charge in [-0.1, -0.05) is 47.9 Å². The van der Waals surface area contributed by atoms with Crippen molar-refractivity contribution in [3.05, 3.63) is 118 Å². The Morgan fingerprint density at radius 1 is 0.371 bits per heavy atom. The van der Waals surface area contributed by atoms with Gasteiger partial charge in [0.2, 0.25) is 0 Å².